The van der Waals surface area contributed by atoms with Gasteiger partial charge in [-0.2, -0.15) is 0 Å². The van der Waals surface area contributed by atoms with Gasteiger partial charge in [0.2, 0.25) is 5.91 Å². The van der Waals surface area contributed by atoms with Crippen LogP contribution in [0.3, 0.4) is 0 Å². The number of nitrogens with zero attached hydrogens (tertiary/aromatic N) is 3. The van der Waals surface area contributed by atoms with E-state index in [0.29, 0.717) is 61.6 Å². The van der Waals surface area contributed by atoms with Crippen LogP contribution in [0.25, 0.3) is 11.1 Å². The molecule has 1 aromatic heterocycles. The van der Waals surface area contributed by atoms with Gasteiger partial charge in [0.1, 0.15) is 5.75 Å². The number of benzene rings is 2. The quantitative estimate of drug-likeness (QED) is 0.548. The second-order valence-corrected chi connectivity index (χ2v) is 8.75. The van der Waals surface area contributed by atoms with Gasteiger partial charge in [-0.05, 0) is 57.3 Å². The monoisotopic (exact) mass is 466 g/mol. The van der Waals surface area contributed by atoms with Crippen molar-refractivity contribution in [1.29, 1.82) is 0 Å². The number of nitrogens with one attached hydrogen (secondary N) is 1. The van der Waals surface area contributed by atoms with Gasteiger partial charge >= 0.3 is 5.76 Å². The van der Waals surface area contributed by atoms with E-state index < -0.39 is 5.76 Å². The van der Waals surface area contributed by atoms with Gasteiger partial charge in [-0.15, -0.1) is 0 Å². The molecule has 180 valence electrons. The average Bonchev–Trinajstić information content (AvgIpc) is 3.16. The molecule has 2 heterocycles. The summed E-state index contributed by atoms with van der Waals surface area (Å²) < 4.78 is 12.4. The first kappa shape index (κ1) is 23.6. The summed E-state index contributed by atoms with van der Waals surface area (Å²) in [7, 11) is 3.88. The van der Waals surface area contributed by atoms with Crippen LogP contribution in [0, 0.1) is 5.92 Å². The summed E-state index contributed by atoms with van der Waals surface area (Å²) in [6.45, 7) is 2.20. The number of amides is 2. The molecule has 1 aliphatic rings. The van der Waals surface area contributed by atoms with E-state index in [-0.39, 0.29) is 24.3 Å². The number of fused-ring (bicyclic) bond motifs is 1. The number of hydrogen-bond donors (Lipinski definition) is 1. The molecule has 1 aliphatic heterocycles. The van der Waals surface area contributed by atoms with Crippen molar-refractivity contribution in [3.05, 3.63) is 59.1 Å². The zero-order valence-electron chi connectivity index (χ0n) is 19.5. The minimum absolute atomic E-state index is 0.0128. The number of likely N-dealkylation sites (N-methyl/N-ethyl adjacent to an activating group) is 1. The van der Waals surface area contributed by atoms with Gasteiger partial charge in [0.25, 0.3) is 5.91 Å². The van der Waals surface area contributed by atoms with Crippen molar-refractivity contribution in [3.63, 3.8) is 0 Å². The first-order valence-electron chi connectivity index (χ1n) is 11.5. The third kappa shape index (κ3) is 5.66. The van der Waals surface area contributed by atoms with Gasteiger partial charge in [0.05, 0.1) is 5.52 Å². The molecule has 0 unspecified atom stereocenters. The van der Waals surface area contributed by atoms with Gasteiger partial charge < -0.3 is 24.3 Å². The molecule has 0 spiro atoms. The van der Waals surface area contributed by atoms with Crippen LogP contribution in [0.4, 0.5) is 5.69 Å². The van der Waals surface area contributed by atoms with E-state index in [4.69, 9.17) is 9.15 Å². The zero-order valence-corrected chi connectivity index (χ0v) is 19.5. The SMILES string of the molecule is CN(C)CCn1c(=O)oc2ccc(NC(=O)C3CCN(C(=O)COc4ccccc4)CC3)cc21. The number of oxazole rings is 1. The van der Waals surface area contributed by atoms with Crippen LogP contribution in [0.5, 0.6) is 5.75 Å². The van der Waals surface area contributed by atoms with Crippen molar-refractivity contribution in [2.75, 3.05) is 45.7 Å². The molecule has 2 aromatic carbocycles. The van der Waals surface area contributed by atoms with E-state index in [2.05, 4.69) is 5.32 Å². The highest BCUT2D eigenvalue weighted by Gasteiger charge is 2.27. The van der Waals surface area contributed by atoms with Crippen LogP contribution in [0.15, 0.2) is 57.7 Å². The third-order valence-electron chi connectivity index (χ3n) is 6.03. The summed E-state index contributed by atoms with van der Waals surface area (Å²) in [5.41, 5.74) is 1.77. The highest BCUT2D eigenvalue weighted by Crippen LogP contribution is 2.23. The van der Waals surface area contributed by atoms with Crippen LogP contribution < -0.4 is 15.8 Å². The van der Waals surface area contributed by atoms with Crippen molar-refractivity contribution in [2.24, 2.45) is 5.92 Å². The van der Waals surface area contributed by atoms with Crippen molar-refractivity contribution >= 4 is 28.6 Å². The molecule has 0 radical (unpaired) electrons. The first-order valence-corrected chi connectivity index (χ1v) is 11.5. The number of ether oxygens (including phenoxy) is 1. The maximum atomic E-state index is 12.9. The number of rotatable bonds is 8. The van der Waals surface area contributed by atoms with Crippen LogP contribution in [0.1, 0.15) is 12.8 Å². The summed E-state index contributed by atoms with van der Waals surface area (Å²) in [6, 6.07) is 14.4. The average molecular weight is 467 g/mol. The number of likely N-dealkylation sites (tertiary alicyclic amines) is 1. The molecule has 4 rings (SSSR count). The van der Waals surface area contributed by atoms with Gasteiger partial charge in [0, 0.05) is 37.8 Å². The number of hydrogen-bond acceptors (Lipinski definition) is 6. The molecule has 0 bridgehead atoms. The second-order valence-electron chi connectivity index (χ2n) is 8.75. The number of carbonyl (C=O) groups excluding carboxylic acids is 2. The largest absolute Gasteiger partial charge is 0.484 e. The Balaban J connectivity index is 1.31. The molecule has 1 saturated heterocycles. The van der Waals surface area contributed by atoms with Crippen LogP contribution >= 0.6 is 0 Å². The Bertz CT molecular complexity index is 1190. The molecule has 0 aliphatic carbocycles. The van der Waals surface area contributed by atoms with Crippen LogP contribution in [-0.2, 0) is 16.1 Å². The fraction of sp³-hybridized carbons (Fsp3) is 0.400. The molecule has 1 N–H and O–H groups in total. The lowest BCUT2D eigenvalue weighted by Crippen LogP contribution is -2.43. The fourth-order valence-electron chi connectivity index (χ4n) is 4.04. The Kier molecular flexibility index (Phi) is 7.32. The van der Waals surface area contributed by atoms with E-state index in [0.717, 1.165) is 0 Å². The molecule has 0 saturated carbocycles. The molecule has 3 aromatic rings. The zero-order chi connectivity index (χ0) is 24.1. The first-order chi connectivity index (χ1) is 16.4. The molecule has 34 heavy (non-hydrogen) atoms. The molecule has 9 nitrogen and oxygen atoms in total. The summed E-state index contributed by atoms with van der Waals surface area (Å²) >= 11 is 0. The summed E-state index contributed by atoms with van der Waals surface area (Å²) in [5.74, 6) is -0.1000. The number of aromatic nitrogens is 1. The maximum absolute atomic E-state index is 12.9. The van der Waals surface area contributed by atoms with E-state index in [9.17, 15) is 14.4 Å². The van der Waals surface area contributed by atoms with E-state index >= 15 is 0 Å². The molecule has 0 atom stereocenters. The smallest absolute Gasteiger partial charge is 0.419 e. The molecular formula is C25H30N4O5. The number of para-hydroxylation sites is 1. The van der Waals surface area contributed by atoms with Crippen molar-refractivity contribution in [3.8, 4) is 5.75 Å². The van der Waals surface area contributed by atoms with E-state index in [1.165, 1.54) is 0 Å². The predicted molar refractivity (Wildman–Crippen MR) is 129 cm³/mol. The van der Waals surface area contributed by atoms with Crippen molar-refractivity contribution in [1.82, 2.24) is 14.4 Å². The molecule has 9 heteroatoms. The lowest BCUT2D eigenvalue weighted by molar-refractivity contribution is -0.136. The Morgan fingerprint density at radius 1 is 1.12 bits per heavy atom. The van der Waals surface area contributed by atoms with Crippen LogP contribution in [-0.4, -0.2) is 66.5 Å². The van der Waals surface area contributed by atoms with E-state index in [1.807, 2.05) is 49.3 Å². The number of anilines is 1. The van der Waals surface area contributed by atoms with Crippen molar-refractivity contribution < 1.29 is 18.7 Å². The maximum Gasteiger partial charge on any atom is 0.419 e. The number of carbonyl (C=O) groups is 2. The Hall–Kier alpha value is -3.59. The van der Waals surface area contributed by atoms with Crippen molar-refractivity contribution in [2.45, 2.75) is 19.4 Å². The third-order valence-corrected chi connectivity index (χ3v) is 6.03. The topological polar surface area (TPSA) is 97.0 Å². The van der Waals surface area contributed by atoms with E-state index in [1.54, 1.807) is 27.7 Å². The Morgan fingerprint density at radius 2 is 1.85 bits per heavy atom. The lowest BCUT2D eigenvalue weighted by atomic mass is 9.95. The normalized spacial score (nSPS) is 14.5. The second kappa shape index (κ2) is 10.6. The molecular weight excluding hydrogens is 436 g/mol. The summed E-state index contributed by atoms with van der Waals surface area (Å²) in [4.78, 5) is 41.2. The van der Waals surface area contributed by atoms with Gasteiger partial charge in [0.15, 0.2) is 12.2 Å². The van der Waals surface area contributed by atoms with Gasteiger partial charge in [-0.3, -0.25) is 14.2 Å². The molecule has 2 amide bonds. The fourth-order valence-corrected chi connectivity index (χ4v) is 4.04. The van der Waals surface area contributed by atoms with Gasteiger partial charge in [-0.25, -0.2) is 4.79 Å². The predicted octanol–water partition coefficient (Wildman–Crippen LogP) is 2.41. The Morgan fingerprint density at radius 3 is 2.56 bits per heavy atom. The van der Waals surface area contributed by atoms with Gasteiger partial charge in [-0.1, -0.05) is 18.2 Å². The lowest BCUT2D eigenvalue weighted by Gasteiger charge is -2.31. The minimum Gasteiger partial charge on any atom is -0.484 e. The summed E-state index contributed by atoms with van der Waals surface area (Å²) in [6.07, 6.45) is 1.18. The van der Waals surface area contributed by atoms with Crippen LogP contribution in [0.2, 0.25) is 0 Å². The highest BCUT2D eigenvalue weighted by atomic mass is 16.5. The number of piperidine rings is 1. The standard InChI is InChI=1S/C25H30N4O5/c1-27(2)14-15-29-21-16-19(8-9-22(21)34-25(29)32)26-24(31)18-10-12-28(13-11-18)23(30)17-33-20-6-4-3-5-7-20/h3-9,16,18H,10-15,17H2,1-2H3,(H,26,31). The summed E-state index contributed by atoms with van der Waals surface area (Å²) in [5, 5.41) is 2.96. The Labute approximate surface area is 197 Å². The molecule has 1 fully saturated rings. The minimum atomic E-state index is -0.409. The highest BCUT2D eigenvalue weighted by molar-refractivity contribution is 5.94.